The van der Waals surface area contributed by atoms with Crippen LogP contribution in [0.1, 0.15) is 29.1 Å². The molecule has 0 saturated carbocycles. The zero-order chi connectivity index (χ0) is 24.4. The summed E-state index contributed by atoms with van der Waals surface area (Å²) in [7, 11) is 0. The lowest BCUT2D eigenvalue weighted by atomic mass is 9.87. The number of hydrogen-bond acceptors (Lipinski definition) is 7. The third-order valence-corrected chi connectivity index (χ3v) is 5.93. The van der Waals surface area contributed by atoms with Crippen molar-refractivity contribution in [1.82, 2.24) is 25.8 Å². The molecule has 0 radical (unpaired) electrons. The van der Waals surface area contributed by atoms with Crippen molar-refractivity contribution in [3.8, 4) is 0 Å². The predicted molar refractivity (Wildman–Crippen MR) is 137 cm³/mol. The number of nitrogens with two attached hydrogens (primary N) is 1. The van der Waals surface area contributed by atoms with Gasteiger partial charge in [0.15, 0.2) is 0 Å². The van der Waals surface area contributed by atoms with Crippen LogP contribution in [0.15, 0.2) is 60.8 Å². The van der Waals surface area contributed by atoms with Gasteiger partial charge in [0.1, 0.15) is 12.0 Å². The van der Waals surface area contributed by atoms with Gasteiger partial charge in [-0.15, -0.1) is 13.2 Å². The first-order chi connectivity index (χ1) is 16.1. The van der Waals surface area contributed by atoms with Gasteiger partial charge in [-0.2, -0.15) is 0 Å². The predicted octanol–water partition coefficient (Wildman–Crippen LogP) is 2.64. The van der Waals surface area contributed by atoms with Crippen molar-refractivity contribution in [2.45, 2.75) is 52.2 Å². The minimum absolute atomic E-state index is 0. The quantitative estimate of drug-likeness (QED) is 0.466. The van der Waals surface area contributed by atoms with Gasteiger partial charge >= 0.3 is 0 Å². The van der Waals surface area contributed by atoms with Crippen LogP contribution >= 0.6 is 0 Å². The third kappa shape index (κ3) is 6.85. The summed E-state index contributed by atoms with van der Waals surface area (Å²) in [5.41, 5.74) is 7.96. The van der Waals surface area contributed by atoms with Crippen LogP contribution in [0.5, 0.6) is 0 Å². The number of rotatable bonds is 5. The van der Waals surface area contributed by atoms with Gasteiger partial charge in [0.2, 0.25) is 0 Å². The van der Waals surface area contributed by atoms with Gasteiger partial charge in [0.25, 0.3) is 0 Å². The van der Waals surface area contributed by atoms with Crippen LogP contribution in [0.4, 0.5) is 4.39 Å². The van der Waals surface area contributed by atoms with E-state index in [1.807, 2.05) is 46.0 Å². The first-order valence-electron chi connectivity index (χ1n) is 12.2. The van der Waals surface area contributed by atoms with Gasteiger partial charge in [0, 0.05) is 26.1 Å². The van der Waals surface area contributed by atoms with Gasteiger partial charge in [0.05, 0.1) is 44.7 Å². The summed E-state index contributed by atoms with van der Waals surface area (Å²) in [5.74, 6) is 1.53. The number of hydrogen-bond donors (Lipinski definition) is 4. The molecular formula is C25H45FN6O. The molecule has 5 heterocycles. The van der Waals surface area contributed by atoms with Gasteiger partial charge < -0.3 is 26.0 Å². The number of nitrogens with zero attached hydrogens (tertiary/aromatic N) is 2. The second kappa shape index (κ2) is 13.4. The maximum absolute atomic E-state index is 13.4. The van der Waals surface area contributed by atoms with Gasteiger partial charge in [-0.05, 0) is 36.1 Å². The first kappa shape index (κ1) is 27.0. The van der Waals surface area contributed by atoms with Crippen molar-refractivity contribution in [2.75, 3.05) is 39.4 Å². The molecule has 8 heteroatoms. The third-order valence-electron chi connectivity index (χ3n) is 5.93. The number of ether oxygens (including phenoxy) is 1. The lowest BCUT2D eigenvalue weighted by molar-refractivity contribution is -0.0959. The molecule has 33 heavy (non-hydrogen) atoms. The molecule has 3 saturated heterocycles. The fourth-order valence-electron chi connectivity index (χ4n) is 4.08. The monoisotopic (exact) mass is 464 g/mol. The molecule has 5 N–H and O–H groups in total. The van der Waals surface area contributed by atoms with E-state index < -0.39 is 6.17 Å². The van der Waals surface area contributed by atoms with Crippen molar-refractivity contribution in [2.24, 2.45) is 11.7 Å². The van der Waals surface area contributed by atoms with Gasteiger partial charge in [-0.3, -0.25) is 10.2 Å². The lowest BCUT2D eigenvalue weighted by Crippen LogP contribution is -2.60. The molecule has 7 nitrogen and oxygen atoms in total. The van der Waals surface area contributed by atoms with Crippen molar-refractivity contribution in [1.29, 1.82) is 0 Å². The van der Waals surface area contributed by atoms with Crippen LogP contribution in [-0.2, 0) is 4.74 Å². The summed E-state index contributed by atoms with van der Waals surface area (Å²) in [6.45, 7) is 18.8. The summed E-state index contributed by atoms with van der Waals surface area (Å²) in [6, 6.07) is 0.593. The van der Waals surface area contributed by atoms with Gasteiger partial charge in [-0.1, -0.05) is 27.7 Å². The highest BCUT2D eigenvalue weighted by molar-refractivity contribution is 5.34. The lowest BCUT2D eigenvalue weighted by Gasteiger charge is -2.49. The van der Waals surface area contributed by atoms with E-state index in [2.05, 4.69) is 51.1 Å². The molecule has 0 spiro atoms. The van der Waals surface area contributed by atoms with Gasteiger partial charge in [-0.25, -0.2) is 4.39 Å². The van der Waals surface area contributed by atoms with Crippen LogP contribution in [0.3, 0.4) is 0 Å². The average molecular weight is 465 g/mol. The summed E-state index contributed by atoms with van der Waals surface area (Å²) in [4.78, 5) is 4.56. The summed E-state index contributed by atoms with van der Waals surface area (Å²) >= 11 is 0. The van der Waals surface area contributed by atoms with E-state index in [-0.39, 0.29) is 13.8 Å². The van der Waals surface area contributed by atoms with Crippen molar-refractivity contribution in [3.63, 3.8) is 0 Å². The van der Waals surface area contributed by atoms with E-state index in [0.29, 0.717) is 25.0 Å². The standard InChI is InChI=1S/C19H27FN6O.2C2H6.C2H4.H2/c20-14-8-26(9-14)19-4-12(13-6-25(7-13)16-10-27-11-16)3-18(24-19)23-17-5-15(21)1-2-22-17;3*1-2;/h1-5,13-14,16-18,22-24H,6-11,21H2;2*1-2H3;1-2H2;1H. The smallest absolute Gasteiger partial charge is 0.135 e. The SMILES string of the molecule is C=C.CC.CC.NC1=CC(NC2C=C(C3CN(C4COC4)C3)C=C(N3CC(F)C3)N2)NC=C1.[HH]. The topological polar surface area (TPSA) is 77.8 Å². The van der Waals surface area contributed by atoms with E-state index in [9.17, 15) is 4.39 Å². The highest BCUT2D eigenvalue weighted by Gasteiger charge is 2.39. The van der Waals surface area contributed by atoms with Crippen LogP contribution in [0.25, 0.3) is 0 Å². The summed E-state index contributed by atoms with van der Waals surface area (Å²) in [5, 5.41) is 10.3. The molecule has 0 amide bonds. The Morgan fingerprint density at radius 3 is 2.30 bits per heavy atom. The maximum atomic E-state index is 13.4. The molecule has 0 bridgehead atoms. The second-order valence-electron chi connectivity index (χ2n) is 7.97. The number of allylic oxidation sites excluding steroid dienone is 2. The number of nitrogens with one attached hydrogen (secondary N) is 3. The molecule has 0 aromatic rings. The Labute approximate surface area is 200 Å². The normalized spacial score (nSPS) is 26.9. The number of halogens is 1. The molecule has 0 aromatic heterocycles. The van der Waals surface area contributed by atoms with Crippen LogP contribution in [0.2, 0.25) is 0 Å². The number of likely N-dealkylation sites (tertiary alicyclic amines) is 2. The molecule has 2 atom stereocenters. The van der Waals surface area contributed by atoms with Crippen molar-refractivity contribution >= 4 is 0 Å². The van der Waals surface area contributed by atoms with Crippen LogP contribution in [0, 0.1) is 5.92 Å². The van der Waals surface area contributed by atoms with Crippen LogP contribution in [-0.4, -0.2) is 73.7 Å². The Balaban J connectivity index is 0.000000769. The molecule has 0 aromatic carbocycles. The molecular weight excluding hydrogens is 419 g/mol. The highest BCUT2D eigenvalue weighted by atomic mass is 19.1. The fraction of sp³-hybridized carbons (Fsp3) is 0.600. The Hall–Kier alpha value is -2.29. The highest BCUT2D eigenvalue weighted by Crippen LogP contribution is 2.31. The molecule has 5 rings (SSSR count). The molecule has 188 valence electrons. The molecule has 3 fully saturated rings. The number of dihydropyridines is 2. The first-order valence-corrected chi connectivity index (χ1v) is 12.2. The molecule has 5 aliphatic rings. The minimum Gasteiger partial charge on any atom is -0.399 e. The fourth-order valence-corrected chi connectivity index (χ4v) is 4.08. The second-order valence-corrected chi connectivity index (χ2v) is 7.97. The van der Waals surface area contributed by atoms with Crippen molar-refractivity contribution in [3.05, 3.63) is 60.8 Å². The molecule has 0 aliphatic carbocycles. The van der Waals surface area contributed by atoms with E-state index in [0.717, 1.165) is 37.8 Å². The van der Waals surface area contributed by atoms with E-state index in [1.54, 1.807) is 0 Å². The van der Waals surface area contributed by atoms with E-state index in [4.69, 9.17) is 10.5 Å². The largest absolute Gasteiger partial charge is 0.399 e. The zero-order valence-electron chi connectivity index (χ0n) is 20.7. The number of alkyl halides is 1. The summed E-state index contributed by atoms with van der Waals surface area (Å²) < 4.78 is 18.7. The Morgan fingerprint density at radius 1 is 1.09 bits per heavy atom. The maximum Gasteiger partial charge on any atom is 0.135 e. The van der Waals surface area contributed by atoms with Crippen molar-refractivity contribution < 1.29 is 10.6 Å². The molecule has 5 aliphatic heterocycles. The summed E-state index contributed by atoms with van der Waals surface area (Å²) in [6.07, 6.45) is 9.29. The average Bonchev–Trinajstić information content (AvgIpc) is 2.76. The Morgan fingerprint density at radius 2 is 1.76 bits per heavy atom. The van der Waals surface area contributed by atoms with Crippen LogP contribution < -0.4 is 21.7 Å². The Kier molecular flexibility index (Phi) is 11.0. The molecule has 2 unspecified atom stereocenters. The van der Waals surface area contributed by atoms with E-state index in [1.165, 1.54) is 5.57 Å². The zero-order valence-corrected chi connectivity index (χ0v) is 20.7. The van der Waals surface area contributed by atoms with E-state index >= 15 is 0 Å². The Bertz CT molecular complexity index is 727. The minimum atomic E-state index is -0.723.